The van der Waals surface area contributed by atoms with E-state index < -0.39 is 11.5 Å². The first-order valence-electron chi connectivity index (χ1n) is 8.39. The fraction of sp³-hybridized carbons (Fsp3) is 0.263. The van der Waals surface area contributed by atoms with Crippen LogP contribution < -0.4 is 11.1 Å². The van der Waals surface area contributed by atoms with E-state index in [9.17, 15) is 9.59 Å². The van der Waals surface area contributed by atoms with Gasteiger partial charge in [0.15, 0.2) is 0 Å². The van der Waals surface area contributed by atoms with Crippen molar-refractivity contribution in [3.05, 3.63) is 48.7 Å². The van der Waals surface area contributed by atoms with Crippen LogP contribution in [0.1, 0.15) is 31.1 Å². The van der Waals surface area contributed by atoms with E-state index in [1.165, 1.54) is 6.33 Å². The number of nitrogens with one attached hydrogen (secondary N) is 1. The number of fused-ring (bicyclic) bond motifs is 1. The molecule has 1 aromatic carbocycles. The summed E-state index contributed by atoms with van der Waals surface area (Å²) in [4.78, 5) is 31.9. The van der Waals surface area contributed by atoms with Crippen LogP contribution in [0.15, 0.2) is 43.1 Å². The average Bonchev–Trinajstić information content (AvgIpc) is 2.92. The molecule has 2 aromatic heterocycles. The van der Waals surface area contributed by atoms with Gasteiger partial charge in [-0.3, -0.25) is 9.59 Å². The molecule has 0 fully saturated rings. The number of hydrogen-bond donors (Lipinski definition) is 2. The molecule has 0 aliphatic carbocycles. The molecule has 8 nitrogen and oxygen atoms in total. The Bertz CT molecular complexity index is 990. The molecule has 0 atom stereocenters. The molecule has 1 amide bonds. The van der Waals surface area contributed by atoms with Gasteiger partial charge in [-0.1, -0.05) is 0 Å². The first-order chi connectivity index (χ1) is 12.7. The van der Waals surface area contributed by atoms with E-state index in [2.05, 4.69) is 15.3 Å². The Hall–Kier alpha value is -3.42. The summed E-state index contributed by atoms with van der Waals surface area (Å²) in [5.41, 5.74) is 7.44. The number of carbonyl (C=O) groups excluding carboxylic acids is 2. The van der Waals surface area contributed by atoms with Crippen LogP contribution in [0.2, 0.25) is 0 Å². The number of aromatic nitrogens is 3. The smallest absolute Gasteiger partial charge is 0.326 e. The lowest BCUT2D eigenvalue weighted by Gasteiger charge is -2.19. The largest absolute Gasteiger partial charge is 0.459 e. The van der Waals surface area contributed by atoms with E-state index in [1.54, 1.807) is 50.0 Å². The van der Waals surface area contributed by atoms with Crippen LogP contribution in [-0.4, -0.2) is 32.0 Å². The maximum absolute atomic E-state index is 12.2. The zero-order valence-electron chi connectivity index (χ0n) is 15.4. The topological polar surface area (TPSA) is 112 Å². The van der Waals surface area contributed by atoms with Gasteiger partial charge >= 0.3 is 5.97 Å². The zero-order valence-corrected chi connectivity index (χ0v) is 15.4. The minimum absolute atomic E-state index is 0.0135. The predicted molar refractivity (Wildman–Crippen MR) is 102 cm³/mol. The Morgan fingerprint density at radius 3 is 2.52 bits per heavy atom. The molecule has 3 rings (SSSR count). The summed E-state index contributed by atoms with van der Waals surface area (Å²) in [7, 11) is 0. The summed E-state index contributed by atoms with van der Waals surface area (Å²) in [6, 6.07) is 5.46. The van der Waals surface area contributed by atoms with Crippen LogP contribution >= 0.6 is 0 Å². The molecule has 0 spiro atoms. The second-order valence-electron chi connectivity index (χ2n) is 7.11. The van der Waals surface area contributed by atoms with Gasteiger partial charge in [0.1, 0.15) is 18.5 Å². The fourth-order valence-corrected chi connectivity index (χ4v) is 2.75. The number of esters is 1. The standard InChI is InChI=1S/C19H21N5O3/c1-19(2,3)27-17(25)10-24-9-15(18(20)26)14-6-12(4-5-16(14)24)23-13-7-21-11-22-8-13/h4-9,11,23H,10H2,1-3H3,(H2,20,26). The molecule has 140 valence electrons. The summed E-state index contributed by atoms with van der Waals surface area (Å²) in [6.45, 7) is 5.40. The Morgan fingerprint density at radius 2 is 1.89 bits per heavy atom. The molecular weight excluding hydrogens is 346 g/mol. The van der Waals surface area contributed by atoms with Crippen LogP contribution in [0.5, 0.6) is 0 Å². The van der Waals surface area contributed by atoms with Crippen LogP contribution in [0.3, 0.4) is 0 Å². The number of carbonyl (C=O) groups is 2. The van der Waals surface area contributed by atoms with Crippen LogP contribution in [0.4, 0.5) is 11.4 Å². The van der Waals surface area contributed by atoms with E-state index in [-0.39, 0.29) is 12.5 Å². The molecule has 0 saturated heterocycles. The lowest BCUT2D eigenvalue weighted by atomic mass is 10.1. The number of nitrogens with two attached hydrogens (primary N) is 1. The van der Waals surface area contributed by atoms with Gasteiger partial charge in [-0.2, -0.15) is 0 Å². The van der Waals surface area contributed by atoms with Gasteiger partial charge in [-0.05, 0) is 39.0 Å². The lowest BCUT2D eigenvalue weighted by Crippen LogP contribution is -2.26. The van der Waals surface area contributed by atoms with Gasteiger partial charge in [-0.15, -0.1) is 0 Å². The van der Waals surface area contributed by atoms with Crippen molar-refractivity contribution in [1.29, 1.82) is 0 Å². The molecule has 0 radical (unpaired) electrons. The van der Waals surface area contributed by atoms with Gasteiger partial charge in [0.25, 0.3) is 5.91 Å². The summed E-state index contributed by atoms with van der Waals surface area (Å²) < 4.78 is 7.03. The van der Waals surface area contributed by atoms with E-state index >= 15 is 0 Å². The molecule has 0 saturated carbocycles. The number of primary amides is 1. The van der Waals surface area contributed by atoms with E-state index in [1.807, 2.05) is 12.1 Å². The van der Waals surface area contributed by atoms with Gasteiger partial charge < -0.3 is 20.4 Å². The fourth-order valence-electron chi connectivity index (χ4n) is 2.75. The van der Waals surface area contributed by atoms with Crippen LogP contribution in [0, 0.1) is 0 Å². The van der Waals surface area contributed by atoms with Crippen molar-refractivity contribution < 1.29 is 14.3 Å². The first kappa shape index (κ1) is 18.4. The molecule has 0 bridgehead atoms. The molecule has 3 aromatic rings. The SMILES string of the molecule is CC(C)(C)OC(=O)Cn1cc(C(N)=O)c2cc(Nc3cncnc3)ccc21. The highest BCUT2D eigenvalue weighted by atomic mass is 16.6. The van der Waals surface area contributed by atoms with Gasteiger partial charge in [-0.25, -0.2) is 9.97 Å². The summed E-state index contributed by atoms with van der Waals surface area (Å²) >= 11 is 0. The summed E-state index contributed by atoms with van der Waals surface area (Å²) in [6.07, 6.45) is 6.29. The Balaban J connectivity index is 1.95. The van der Waals surface area contributed by atoms with Crippen molar-refractivity contribution in [3.8, 4) is 0 Å². The maximum Gasteiger partial charge on any atom is 0.326 e. The third kappa shape index (κ3) is 4.41. The zero-order chi connectivity index (χ0) is 19.6. The van der Waals surface area contributed by atoms with Crippen molar-refractivity contribution in [2.75, 3.05) is 5.32 Å². The molecule has 27 heavy (non-hydrogen) atoms. The van der Waals surface area contributed by atoms with Crippen LogP contribution in [0.25, 0.3) is 10.9 Å². The maximum atomic E-state index is 12.2. The Morgan fingerprint density at radius 1 is 1.19 bits per heavy atom. The van der Waals surface area contributed by atoms with E-state index in [4.69, 9.17) is 10.5 Å². The van der Waals surface area contributed by atoms with Crippen molar-refractivity contribution in [3.63, 3.8) is 0 Å². The number of anilines is 2. The molecular formula is C19H21N5O3. The predicted octanol–water partition coefficient (Wildman–Crippen LogP) is 2.62. The van der Waals surface area contributed by atoms with Crippen molar-refractivity contribution >= 4 is 34.2 Å². The quantitative estimate of drug-likeness (QED) is 0.670. The molecule has 0 aliphatic heterocycles. The third-order valence-electron chi connectivity index (χ3n) is 3.72. The van der Waals surface area contributed by atoms with Crippen molar-refractivity contribution in [2.45, 2.75) is 32.9 Å². The highest BCUT2D eigenvalue weighted by molar-refractivity contribution is 6.07. The summed E-state index contributed by atoms with van der Waals surface area (Å²) in [5, 5.41) is 3.81. The second kappa shape index (κ2) is 7.06. The average molecular weight is 367 g/mol. The lowest BCUT2D eigenvalue weighted by molar-refractivity contribution is -0.155. The number of rotatable bonds is 5. The number of amides is 1. The normalized spacial score (nSPS) is 11.4. The van der Waals surface area contributed by atoms with Crippen LogP contribution in [-0.2, 0) is 16.1 Å². The number of benzene rings is 1. The van der Waals surface area contributed by atoms with Crippen molar-refractivity contribution in [2.24, 2.45) is 5.73 Å². The van der Waals surface area contributed by atoms with Crippen molar-refractivity contribution in [1.82, 2.24) is 14.5 Å². The van der Waals surface area contributed by atoms with Gasteiger partial charge in [0.05, 0.1) is 23.6 Å². The van der Waals surface area contributed by atoms with E-state index in [0.29, 0.717) is 22.2 Å². The minimum atomic E-state index is -0.582. The van der Waals surface area contributed by atoms with E-state index in [0.717, 1.165) is 5.69 Å². The highest BCUT2D eigenvalue weighted by Gasteiger charge is 2.19. The number of nitrogens with zero attached hydrogens (tertiary/aromatic N) is 3. The summed E-state index contributed by atoms with van der Waals surface area (Å²) in [5.74, 6) is -0.956. The second-order valence-corrected chi connectivity index (χ2v) is 7.11. The minimum Gasteiger partial charge on any atom is -0.459 e. The van der Waals surface area contributed by atoms with Gasteiger partial charge in [0.2, 0.25) is 0 Å². The number of hydrogen-bond acceptors (Lipinski definition) is 6. The Kier molecular flexibility index (Phi) is 4.81. The number of ether oxygens (including phenoxy) is 1. The molecule has 2 heterocycles. The molecule has 0 aliphatic rings. The monoisotopic (exact) mass is 367 g/mol. The molecule has 3 N–H and O–H groups in total. The van der Waals surface area contributed by atoms with Gasteiger partial charge in [0, 0.05) is 22.8 Å². The molecule has 0 unspecified atom stereocenters. The third-order valence-corrected chi connectivity index (χ3v) is 3.72. The first-order valence-corrected chi connectivity index (χ1v) is 8.39. The Labute approximate surface area is 156 Å². The molecule has 8 heteroatoms. The highest BCUT2D eigenvalue weighted by Crippen LogP contribution is 2.26.